The minimum atomic E-state index is -0.679. The van der Waals surface area contributed by atoms with E-state index in [1.165, 1.54) is 0 Å². The van der Waals surface area contributed by atoms with Gasteiger partial charge in [0, 0.05) is 4.83 Å². The molecule has 1 rings (SSSR count). The van der Waals surface area contributed by atoms with E-state index in [2.05, 4.69) is 15.9 Å². The average Bonchev–Trinajstić information content (AvgIpc) is 2.17. The molecule has 1 N–H and O–H groups in total. The zero-order valence-corrected chi connectivity index (χ0v) is 6.41. The van der Waals surface area contributed by atoms with Crippen molar-refractivity contribution in [2.45, 2.75) is 11.2 Å². The Morgan fingerprint density at radius 3 is 2.12 bits per heavy atom. The van der Waals surface area contributed by atoms with Gasteiger partial charge in [-0.25, -0.2) is 0 Å². The molecule has 2 nitrogen and oxygen atoms in total. The summed E-state index contributed by atoms with van der Waals surface area (Å²) < 4.78 is 0. The van der Waals surface area contributed by atoms with Crippen LogP contribution in [-0.2, 0) is 4.79 Å². The maximum absolute atomic E-state index is 9.94. The minimum absolute atomic E-state index is 0. The van der Waals surface area contributed by atoms with Gasteiger partial charge in [0.15, 0.2) is 0 Å². The van der Waals surface area contributed by atoms with Crippen LogP contribution < -0.4 is 0 Å². The second-order valence-electron chi connectivity index (χ2n) is 1.70. The van der Waals surface area contributed by atoms with E-state index in [4.69, 9.17) is 5.11 Å². The lowest BCUT2D eigenvalue weighted by atomic mass is 10.5. The van der Waals surface area contributed by atoms with Crippen molar-refractivity contribution in [1.82, 2.24) is 0 Å². The first-order chi connectivity index (χ1) is 3.22. The fraction of sp³-hybridized carbons (Fsp3) is 0.750. The Bertz CT molecular complexity index is 106. The highest BCUT2D eigenvalue weighted by atomic mass is 79.9. The lowest BCUT2D eigenvalue weighted by Gasteiger charge is -1.78. The molecule has 48 valence electrons. The van der Waals surface area contributed by atoms with Crippen LogP contribution in [0.1, 0.15) is 6.42 Å². The summed E-state index contributed by atoms with van der Waals surface area (Å²) in [7, 11) is 0. The number of rotatable bonds is 1. The van der Waals surface area contributed by atoms with Crippen molar-refractivity contribution in [3.05, 3.63) is 0 Å². The molecule has 0 aromatic carbocycles. The van der Waals surface area contributed by atoms with Gasteiger partial charge in [-0.15, -0.1) is 12.4 Å². The highest BCUT2D eigenvalue weighted by Gasteiger charge is 2.40. The van der Waals surface area contributed by atoms with Gasteiger partial charge in [0.05, 0.1) is 5.92 Å². The molecule has 2 atom stereocenters. The van der Waals surface area contributed by atoms with Gasteiger partial charge in [0.25, 0.3) is 0 Å². The van der Waals surface area contributed by atoms with Gasteiger partial charge in [-0.1, -0.05) is 15.9 Å². The van der Waals surface area contributed by atoms with Gasteiger partial charge in [-0.2, -0.15) is 0 Å². The first-order valence-corrected chi connectivity index (χ1v) is 3.00. The molecule has 0 heterocycles. The summed E-state index contributed by atoms with van der Waals surface area (Å²) in [6.07, 6.45) is 0.801. The number of hydrogen-bond acceptors (Lipinski definition) is 1. The minimum Gasteiger partial charge on any atom is -0.481 e. The third kappa shape index (κ3) is 1.63. The highest BCUT2D eigenvalue weighted by Crippen LogP contribution is 2.37. The molecule has 4 heteroatoms. The molecule has 0 amide bonds. The van der Waals surface area contributed by atoms with Crippen LogP contribution in [-0.4, -0.2) is 15.9 Å². The van der Waals surface area contributed by atoms with Gasteiger partial charge in [-0.05, 0) is 6.42 Å². The zero-order chi connectivity index (χ0) is 5.44. The van der Waals surface area contributed by atoms with Gasteiger partial charge in [0.2, 0.25) is 0 Å². The number of alkyl halides is 1. The highest BCUT2D eigenvalue weighted by molar-refractivity contribution is 9.09. The van der Waals surface area contributed by atoms with Crippen LogP contribution in [0, 0.1) is 5.92 Å². The Morgan fingerprint density at radius 2 is 2.12 bits per heavy atom. The van der Waals surface area contributed by atoms with E-state index < -0.39 is 5.97 Å². The van der Waals surface area contributed by atoms with Gasteiger partial charge in [-0.3, -0.25) is 4.79 Å². The first kappa shape index (κ1) is 8.24. The van der Waals surface area contributed by atoms with Crippen LogP contribution in [0.25, 0.3) is 0 Å². The van der Waals surface area contributed by atoms with E-state index in [0.29, 0.717) is 0 Å². The monoisotopic (exact) mass is 200 g/mol. The van der Waals surface area contributed by atoms with E-state index in [1.807, 2.05) is 0 Å². The molecule has 1 saturated carbocycles. The second kappa shape index (κ2) is 2.69. The van der Waals surface area contributed by atoms with E-state index in [9.17, 15) is 4.79 Å². The standard InChI is InChI=1S/C4H5BrO2.ClH/c5-3-1-2(3)4(6)7;/h2-3H,1H2,(H,6,7);1H. The average molecular weight is 201 g/mol. The number of halogens is 2. The molecular formula is C4H6BrClO2. The Labute approximate surface area is 61.8 Å². The first-order valence-electron chi connectivity index (χ1n) is 2.08. The number of aliphatic carboxylic acids is 1. The summed E-state index contributed by atoms with van der Waals surface area (Å²) in [5.74, 6) is -0.776. The van der Waals surface area contributed by atoms with Gasteiger partial charge >= 0.3 is 5.97 Å². The predicted octanol–water partition coefficient (Wildman–Crippen LogP) is 1.28. The molecule has 0 aromatic rings. The molecule has 0 radical (unpaired) electrons. The summed E-state index contributed by atoms with van der Waals surface area (Å²) in [6, 6.07) is 0. The zero-order valence-electron chi connectivity index (χ0n) is 4.00. The van der Waals surface area contributed by atoms with Crippen molar-refractivity contribution in [2.75, 3.05) is 0 Å². The fourth-order valence-corrected chi connectivity index (χ4v) is 1.05. The maximum atomic E-state index is 9.94. The molecule has 0 aromatic heterocycles. The molecule has 0 bridgehead atoms. The lowest BCUT2D eigenvalue weighted by molar-refractivity contribution is -0.138. The number of carboxylic acid groups (broad SMARTS) is 1. The van der Waals surface area contributed by atoms with Crippen molar-refractivity contribution < 1.29 is 9.90 Å². The quantitative estimate of drug-likeness (QED) is 0.649. The predicted molar refractivity (Wildman–Crippen MR) is 35.7 cm³/mol. The molecule has 0 spiro atoms. The molecule has 0 saturated heterocycles. The summed E-state index contributed by atoms with van der Waals surface area (Å²) in [5, 5.41) is 8.19. The molecule has 1 fully saturated rings. The van der Waals surface area contributed by atoms with E-state index in [-0.39, 0.29) is 23.2 Å². The third-order valence-electron chi connectivity index (χ3n) is 1.03. The summed E-state index contributed by atoms with van der Waals surface area (Å²) in [5.41, 5.74) is 0. The molecule has 8 heavy (non-hydrogen) atoms. The van der Waals surface area contributed by atoms with Crippen LogP contribution >= 0.6 is 28.3 Å². The van der Waals surface area contributed by atoms with Crippen LogP contribution in [0.5, 0.6) is 0 Å². The van der Waals surface area contributed by atoms with E-state index >= 15 is 0 Å². The molecule has 0 aliphatic heterocycles. The molecule has 2 unspecified atom stereocenters. The third-order valence-corrected chi connectivity index (χ3v) is 2.04. The Morgan fingerprint density at radius 1 is 1.75 bits per heavy atom. The molecule has 1 aliphatic rings. The summed E-state index contributed by atoms with van der Waals surface area (Å²) >= 11 is 3.17. The second-order valence-corrected chi connectivity index (χ2v) is 2.87. The summed E-state index contributed by atoms with van der Waals surface area (Å²) in [4.78, 5) is 10.2. The topological polar surface area (TPSA) is 37.3 Å². The Hall–Kier alpha value is 0.240. The lowest BCUT2D eigenvalue weighted by Crippen LogP contribution is -1.97. The SMILES string of the molecule is Cl.O=C(O)C1CC1Br. The van der Waals surface area contributed by atoms with Gasteiger partial charge < -0.3 is 5.11 Å². The van der Waals surface area contributed by atoms with Crippen LogP contribution in [0.2, 0.25) is 0 Å². The van der Waals surface area contributed by atoms with Crippen molar-refractivity contribution in [3.63, 3.8) is 0 Å². The number of carboxylic acids is 1. The van der Waals surface area contributed by atoms with Crippen LogP contribution in [0.15, 0.2) is 0 Å². The molecular weight excluding hydrogens is 195 g/mol. The van der Waals surface area contributed by atoms with E-state index in [0.717, 1.165) is 6.42 Å². The molecule has 1 aliphatic carbocycles. The Kier molecular flexibility index (Phi) is 2.77. The van der Waals surface area contributed by atoms with Crippen molar-refractivity contribution in [3.8, 4) is 0 Å². The van der Waals surface area contributed by atoms with Crippen molar-refractivity contribution in [2.24, 2.45) is 5.92 Å². The van der Waals surface area contributed by atoms with Crippen molar-refractivity contribution >= 4 is 34.3 Å². The fourth-order valence-electron chi connectivity index (χ4n) is 0.420. The number of hydrogen-bond donors (Lipinski definition) is 1. The van der Waals surface area contributed by atoms with Crippen LogP contribution in [0.4, 0.5) is 0 Å². The smallest absolute Gasteiger partial charge is 0.307 e. The maximum Gasteiger partial charge on any atom is 0.307 e. The van der Waals surface area contributed by atoms with Crippen molar-refractivity contribution in [1.29, 1.82) is 0 Å². The normalized spacial score (nSPS) is 33.1. The van der Waals surface area contributed by atoms with E-state index in [1.54, 1.807) is 0 Å². The van der Waals surface area contributed by atoms with Crippen LogP contribution in [0.3, 0.4) is 0 Å². The summed E-state index contributed by atoms with van der Waals surface area (Å²) in [6.45, 7) is 0. The largest absolute Gasteiger partial charge is 0.481 e. The number of carbonyl (C=O) groups is 1. The van der Waals surface area contributed by atoms with Gasteiger partial charge in [0.1, 0.15) is 0 Å². The Balaban J connectivity index is 0.000000490.